The number of pyridine rings is 5. The van der Waals surface area contributed by atoms with E-state index in [2.05, 4.69) is 186 Å². The summed E-state index contributed by atoms with van der Waals surface area (Å²) in [5.41, 5.74) is 26.2. The summed E-state index contributed by atoms with van der Waals surface area (Å²) in [7, 11) is 0. The van der Waals surface area contributed by atoms with Crippen molar-refractivity contribution in [2.75, 3.05) is 0 Å². The monoisotopic (exact) mass is 2550 g/mol. The van der Waals surface area contributed by atoms with E-state index in [0.717, 1.165) is 128 Å². The molecule has 10 aromatic carbocycles. The summed E-state index contributed by atoms with van der Waals surface area (Å²) in [5, 5.41) is 38.1. The van der Waals surface area contributed by atoms with Gasteiger partial charge < -0.3 is 44.7 Å². The van der Waals surface area contributed by atoms with Gasteiger partial charge in [-0.25, -0.2) is 0 Å². The van der Waals surface area contributed by atoms with Gasteiger partial charge in [-0.2, -0.15) is 0 Å². The van der Waals surface area contributed by atoms with Crippen LogP contribution in [0.4, 0.5) is 0 Å². The Morgan fingerprint density at radius 3 is 0.746 bits per heavy atom. The molecular formula is C104H85Ir5N10O7-5. The number of benzene rings is 10. The number of carbonyl (C=O) groups excluding carboxylic acids is 3. The minimum absolute atomic E-state index is 0. The molecule has 0 saturated carbocycles. The zero-order valence-electron chi connectivity index (χ0n) is 70.1. The number of para-hydroxylation sites is 5. The fourth-order valence-corrected chi connectivity index (χ4v) is 14.9. The Hall–Kier alpha value is -12.4. The molecule has 0 fully saturated rings. The quantitative estimate of drug-likeness (QED) is 0.0989. The second kappa shape index (κ2) is 45.0. The third-order valence-electron chi connectivity index (χ3n) is 20.0. The Kier molecular flexibility index (Phi) is 34.8. The number of nitrogens with zero attached hydrogens (tertiary/aromatic N) is 10. The molecule has 0 unspecified atom stereocenters. The third kappa shape index (κ3) is 22.5. The smallest absolute Gasteiger partial charge is 0.155 e. The second-order valence-electron chi connectivity index (χ2n) is 29.1. The Balaban J connectivity index is 0.000000167. The van der Waals surface area contributed by atoms with Crippen LogP contribution in [0, 0.1) is 27.7 Å². The molecule has 643 valence electrons. The molecule has 0 atom stereocenters. The van der Waals surface area contributed by atoms with Gasteiger partial charge in [-0.15, -0.1) is 55.2 Å². The van der Waals surface area contributed by atoms with Crippen LogP contribution in [0.1, 0.15) is 63.8 Å². The topological polar surface area (TPSA) is 260 Å². The summed E-state index contributed by atoms with van der Waals surface area (Å²) in [6.07, 6.45) is 12.6. The first-order valence-electron chi connectivity index (χ1n) is 39.4. The van der Waals surface area contributed by atoms with E-state index in [-0.39, 0.29) is 135 Å². The van der Waals surface area contributed by atoms with Gasteiger partial charge in [-0.3, -0.25) is 39.3 Å². The Bertz CT molecular complexity index is 6770. The second-order valence-corrected chi connectivity index (χ2v) is 29.1. The average Bonchev–Trinajstić information content (AvgIpc) is 1.59. The Labute approximate surface area is 795 Å². The predicted octanol–water partition coefficient (Wildman–Crippen LogP) is 24.6. The van der Waals surface area contributed by atoms with E-state index in [1.54, 1.807) is 6.20 Å². The summed E-state index contributed by atoms with van der Waals surface area (Å²) >= 11 is 0. The molecule has 0 aliphatic rings. The molecule has 0 saturated heterocycles. The predicted molar refractivity (Wildman–Crippen MR) is 492 cm³/mol. The molecule has 0 spiro atoms. The van der Waals surface area contributed by atoms with Gasteiger partial charge in [0.2, 0.25) is 0 Å². The van der Waals surface area contributed by atoms with Gasteiger partial charge >= 0.3 is 0 Å². The molecule has 11 heterocycles. The Morgan fingerprint density at radius 2 is 0.500 bits per heavy atom. The molecule has 126 heavy (non-hydrogen) atoms. The standard InChI is InChI=1S/4C18H13N2.C17H9N2O.3C5H8O2.5Ir/c4*1-12-9-10-14-13-6-2-3-7-15(13)20-18(14)17(12)16-8-4-5-11-19-16;1-2-5-12-10(4-1)11-7-8-13-15(16(11)19-12)17-14(20-13)6-3-9-18-17;3*1-4(6)3-5(2)7;;;;;/h4*2-11H,1H3;1-9H;3*3,6H,1-2H3;;;;;/q5*-1;;;;;;;;. The molecular weight excluding hydrogens is 2460 g/mol. The number of allylic oxidation sites excluding steroid dienone is 6. The van der Waals surface area contributed by atoms with Crippen molar-refractivity contribution < 1.29 is 135 Å². The molecule has 0 aliphatic carbocycles. The number of hydrogen-bond acceptors (Lipinski definition) is 12. The van der Waals surface area contributed by atoms with Crippen molar-refractivity contribution in [3.63, 3.8) is 0 Å². The molecule has 3 N–H and O–H groups in total. The number of fused-ring (bicyclic) bond motifs is 19. The van der Waals surface area contributed by atoms with Crippen LogP contribution in [0.3, 0.4) is 0 Å². The number of rotatable bonds is 7. The number of aryl methyl sites for hydroxylation is 4. The van der Waals surface area contributed by atoms with Crippen LogP contribution in [0.15, 0.2) is 338 Å². The van der Waals surface area contributed by atoms with E-state index < -0.39 is 0 Å². The molecule has 17 nitrogen and oxygen atoms in total. The van der Waals surface area contributed by atoms with Gasteiger partial charge in [-0.05, 0) is 234 Å². The fourth-order valence-electron chi connectivity index (χ4n) is 14.9. The van der Waals surface area contributed by atoms with Gasteiger partial charge in [0.05, 0.1) is 40.1 Å². The first-order valence-corrected chi connectivity index (χ1v) is 39.4. The van der Waals surface area contributed by atoms with Crippen LogP contribution >= 0.6 is 0 Å². The van der Waals surface area contributed by atoms with Crippen LogP contribution < -0.4 is 24.9 Å². The van der Waals surface area contributed by atoms with E-state index in [4.69, 9.17) is 44.7 Å². The van der Waals surface area contributed by atoms with Gasteiger partial charge in [0, 0.05) is 155 Å². The van der Waals surface area contributed by atoms with Crippen molar-refractivity contribution in [3.8, 4) is 45.0 Å². The maximum Gasteiger partial charge on any atom is 0.155 e. The molecule has 5 radical (unpaired) electrons. The number of furan rings is 1. The van der Waals surface area contributed by atoms with Crippen molar-refractivity contribution >= 4 is 148 Å². The normalized spacial score (nSPS) is 11.0. The zero-order valence-corrected chi connectivity index (χ0v) is 82.1. The minimum Gasteiger partial charge on any atom is -0.656 e. The SMILES string of the molecule is CC(=O)C=C(C)O.CC(=O)C=C(C)O.CC(=O)C=C(C)O.Cc1ccc2c([n-]c3ccccc32)c1-c1ccccn1.Cc1ccc2c([n-]c3ccccc32)c1-c1ccccn1.Cc1ccc2c([n-]c3ccccc32)c1-c1ccccn1.Cc1ccc2c([n-]c3ccccc32)c1-c1ccccn1.[Ir].[Ir].[Ir].[Ir].[Ir].c1ccc2c(c1)[n-]c1c2ccc2oc3cccnc3c21. The summed E-state index contributed by atoms with van der Waals surface area (Å²) in [4.78, 5) is 76.5. The summed E-state index contributed by atoms with van der Waals surface area (Å²) in [6.45, 7) is 17.0. The van der Waals surface area contributed by atoms with E-state index in [0.29, 0.717) is 0 Å². The summed E-state index contributed by atoms with van der Waals surface area (Å²) in [5.74, 6) is -0.187. The maximum atomic E-state index is 10.0. The largest absolute Gasteiger partial charge is 0.656 e. The summed E-state index contributed by atoms with van der Waals surface area (Å²) < 4.78 is 5.85. The molecule has 21 aromatic rings. The van der Waals surface area contributed by atoms with E-state index in [1.165, 1.54) is 131 Å². The first-order chi connectivity index (χ1) is 58.7. The number of ketones is 3. The van der Waals surface area contributed by atoms with Crippen molar-refractivity contribution in [2.24, 2.45) is 0 Å². The van der Waals surface area contributed by atoms with Crippen molar-refractivity contribution in [1.82, 2.24) is 49.8 Å². The third-order valence-corrected chi connectivity index (χ3v) is 20.0. The zero-order chi connectivity index (χ0) is 84.8. The number of hydrogen-bond donors (Lipinski definition) is 3. The molecule has 11 aromatic heterocycles. The van der Waals surface area contributed by atoms with Crippen LogP contribution in [0.2, 0.25) is 0 Å². The van der Waals surface area contributed by atoms with Crippen LogP contribution in [0.5, 0.6) is 0 Å². The molecule has 0 aliphatic heterocycles. The molecule has 22 heteroatoms. The van der Waals surface area contributed by atoms with E-state index in [9.17, 15) is 14.4 Å². The molecule has 0 bridgehead atoms. The number of aromatic nitrogens is 10. The van der Waals surface area contributed by atoms with Crippen molar-refractivity contribution in [2.45, 2.75) is 69.2 Å². The minimum atomic E-state index is -0.125. The van der Waals surface area contributed by atoms with Gasteiger partial charge in [0.1, 0.15) is 11.1 Å². The number of aliphatic hydroxyl groups excluding tert-OH is 3. The van der Waals surface area contributed by atoms with Crippen molar-refractivity contribution in [1.29, 1.82) is 0 Å². The van der Waals surface area contributed by atoms with Gasteiger partial charge in [0.15, 0.2) is 22.9 Å². The van der Waals surface area contributed by atoms with Gasteiger partial charge in [-0.1, -0.05) is 200 Å². The maximum absolute atomic E-state index is 10.0. The van der Waals surface area contributed by atoms with Crippen molar-refractivity contribution in [3.05, 3.63) is 356 Å². The van der Waals surface area contributed by atoms with Crippen LogP contribution in [0.25, 0.3) is 176 Å². The Morgan fingerprint density at radius 1 is 0.262 bits per heavy atom. The summed E-state index contributed by atoms with van der Waals surface area (Å²) in [6, 6.07) is 90.5. The first kappa shape index (κ1) is 97.4. The fraction of sp³-hybridized carbons (Fsp3) is 0.0962. The molecule has 21 rings (SSSR count). The number of carbonyl (C=O) groups is 3. The molecule has 0 amide bonds. The van der Waals surface area contributed by atoms with E-state index >= 15 is 0 Å². The number of aliphatic hydroxyl groups is 3. The van der Waals surface area contributed by atoms with E-state index in [1.807, 2.05) is 158 Å². The average molecular weight is 2550 g/mol. The van der Waals surface area contributed by atoms with Gasteiger partial charge in [0.25, 0.3) is 0 Å². The van der Waals surface area contributed by atoms with Crippen LogP contribution in [-0.2, 0) is 115 Å². The van der Waals surface area contributed by atoms with Crippen LogP contribution in [-0.4, -0.2) is 57.6 Å².